The number of benzene rings is 2. The van der Waals surface area contributed by atoms with Crippen LogP contribution in [0.5, 0.6) is 5.75 Å². The minimum atomic E-state index is -0.702. The van der Waals surface area contributed by atoms with Crippen LogP contribution in [0.4, 0.5) is 14.5 Å². The second-order valence-electron chi connectivity index (χ2n) is 4.81. The summed E-state index contributed by atoms with van der Waals surface area (Å²) in [6.07, 6.45) is 0.622. The summed E-state index contributed by atoms with van der Waals surface area (Å²) in [7, 11) is 1.60. The summed E-state index contributed by atoms with van der Waals surface area (Å²) in [5.74, 6) is -0.621. The molecule has 1 atom stereocenters. The number of halogens is 3. The fraction of sp³-hybridized carbons (Fsp3) is 0.250. The molecule has 0 aromatic heterocycles. The second kappa shape index (κ2) is 6.76. The van der Waals surface area contributed by atoms with Crippen molar-refractivity contribution in [2.75, 3.05) is 12.4 Å². The highest BCUT2D eigenvalue weighted by Crippen LogP contribution is 2.28. The topological polar surface area (TPSA) is 21.3 Å². The van der Waals surface area contributed by atoms with Crippen LogP contribution < -0.4 is 10.1 Å². The Hall–Kier alpha value is -1.81. The van der Waals surface area contributed by atoms with Crippen LogP contribution in [-0.2, 0) is 6.42 Å². The molecule has 0 fully saturated rings. The number of para-hydroxylation sites is 1. The summed E-state index contributed by atoms with van der Waals surface area (Å²) in [6.45, 7) is 1.89. The molecule has 0 aliphatic carbocycles. The van der Waals surface area contributed by atoms with Crippen molar-refractivity contribution in [3.8, 4) is 5.75 Å². The van der Waals surface area contributed by atoms with E-state index in [0.29, 0.717) is 6.42 Å². The highest BCUT2D eigenvalue weighted by molar-refractivity contribution is 6.33. The molecule has 0 saturated carbocycles. The molecule has 112 valence electrons. The number of nitrogens with one attached hydrogen (secondary N) is 1. The van der Waals surface area contributed by atoms with Gasteiger partial charge in [0.1, 0.15) is 11.6 Å². The van der Waals surface area contributed by atoms with Crippen molar-refractivity contribution in [1.82, 2.24) is 0 Å². The summed E-state index contributed by atoms with van der Waals surface area (Å²) >= 11 is 5.87. The number of ether oxygens (including phenoxy) is 1. The molecule has 2 rings (SSSR count). The fourth-order valence-electron chi connectivity index (χ4n) is 2.18. The predicted octanol–water partition coefficient (Wildman–Crippen LogP) is 4.67. The summed E-state index contributed by atoms with van der Waals surface area (Å²) in [6, 6.07) is 9.41. The van der Waals surface area contributed by atoms with Crippen LogP contribution >= 0.6 is 11.6 Å². The van der Waals surface area contributed by atoms with Crippen molar-refractivity contribution >= 4 is 17.3 Å². The summed E-state index contributed by atoms with van der Waals surface area (Å²) in [5.41, 5.74) is 1.11. The lowest BCUT2D eigenvalue weighted by molar-refractivity contribution is 0.409. The Morgan fingerprint density at radius 1 is 1.24 bits per heavy atom. The van der Waals surface area contributed by atoms with Crippen molar-refractivity contribution in [3.63, 3.8) is 0 Å². The average Bonchev–Trinajstić information content (AvgIpc) is 2.43. The molecule has 0 aliphatic heterocycles. The van der Waals surface area contributed by atoms with E-state index in [1.807, 2.05) is 31.2 Å². The van der Waals surface area contributed by atoms with Gasteiger partial charge in [0.15, 0.2) is 5.82 Å². The molecule has 2 aromatic rings. The lowest BCUT2D eigenvalue weighted by Gasteiger charge is -2.18. The number of anilines is 1. The third-order valence-corrected chi connectivity index (χ3v) is 3.41. The highest BCUT2D eigenvalue weighted by atomic mass is 35.5. The molecule has 21 heavy (non-hydrogen) atoms. The van der Waals surface area contributed by atoms with Crippen molar-refractivity contribution in [2.45, 2.75) is 19.4 Å². The largest absolute Gasteiger partial charge is 0.496 e. The standard InChI is InChI=1S/C16H16ClF2NO/c1-10(7-11-5-3-4-6-15(11)21-2)20-16-13(17)8-12(18)9-14(16)19/h3-6,8-10,20H,7H2,1-2H3. The van der Waals surface area contributed by atoms with Gasteiger partial charge in [0.2, 0.25) is 0 Å². The van der Waals surface area contributed by atoms with Crippen LogP contribution in [0, 0.1) is 11.6 Å². The molecule has 0 saturated heterocycles. The molecule has 1 unspecified atom stereocenters. The second-order valence-corrected chi connectivity index (χ2v) is 5.21. The van der Waals surface area contributed by atoms with E-state index in [0.717, 1.165) is 23.4 Å². The third kappa shape index (κ3) is 3.85. The van der Waals surface area contributed by atoms with Gasteiger partial charge in [0.25, 0.3) is 0 Å². The van der Waals surface area contributed by atoms with Gasteiger partial charge in [-0.1, -0.05) is 29.8 Å². The van der Waals surface area contributed by atoms with E-state index in [4.69, 9.17) is 16.3 Å². The van der Waals surface area contributed by atoms with Crippen molar-refractivity contribution in [3.05, 3.63) is 58.6 Å². The molecule has 0 bridgehead atoms. The van der Waals surface area contributed by atoms with E-state index in [1.165, 1.54) is 0 Å². The van der Waals surface area contributed by atoms with E-state index >= 15 is 0 Å². The number of methoxy groups -OCH3 is 1. The first-order valence-electron chi connectivity index (χ1n) is 6.54. The molecule has 5 heteroatoms. The summed E-state index contributed by atoms with van der Waals surface area (Å²) < 4.78 is 32.0. The zero-order chi connectivity index (χ0) is 15.4. The van der Waals surface area contributed by atoms with E-state index in [-0.39, 0.29) is 16.8 Å². The molecule has 2 nitrogen and oxygen atoms in total. The third-order valence-electron chi connectivity index (χ3n) is 3.12. The van der Waals surface area contributed by atoms with Crippen molar-refractivity contribution in [1.29, 1.82) is 0 Å². The van der Waals surface area contributed by atoms with E-state index in [2.05, 4.69) is 5.32 Å². The monoisotopic (exact) mass is 311 g/mol. The van der Waals surface area contributed by atoms with Crippen LogP contribution in [0.3, 0.4) is 0 Å². The first-order chi connectivity index (χ1) is 10.0. The smallest absolute Gasteiger partial charge is 0.150 e. The maximum absolute atomic E-state index is 13.7. The van der Waals surface area contributed by atoms with Crippen molar-refractivity contribution < 1.29 is 13.5 Å². The molecule has 2 aromatic carbocycles. The first-order valence-corrected chi connectivity index (χ1v) is 6.92. The Bertz CT molecular complexity index is 610. The molecular formula is C16H16ClF2NO. The molecule has 0 radical (unpaired) electrons. The lowest BCUT2D eigenvalue weighted by Crippen LogP contribution is -2.19. The first kappa shape index (κ1) is 15.6. The summed E-state index contributed by atoms with van der Waals surface area (Å²) in [4.78, 5) is 0. The van der Waals surface area contributed by atoms with Crippen LogP contribution in [0.1, 0.15) is 12.5 Å². The van der Waals surface area contributed by atoms with Gasteiger partial charge in [0, 0.05) is 12.1 Å². The highest BCUT2D eigenvalue weighted by Gasteiger charge is 2.14. The van der Waals surface area contributed by atoms with E-state index in [9.17, 15) is 8.78 Å². The Kier molecular flexibility index (Phi) is 5.02. The Labute approximate surface area is 127 Å². The average molecular weight is 312 g/mol. The van der Waals surface area contributed by atoms with E-state index < -0.39 is 11.6 Å². The van der Waals surface area contributed by atoms with Crippen LogP contribution in [-0.4, -0.2) is 13.2 Å². The van der Waals surface area contributed by atoms with Crippen LogP contribution in [0.25, 0.3) is 0 Å². The molecule has 0 spiro atoms. The van der Waals surface area contributed by atoms with Gasteiger partial charge in [-0.25, -0.2) is 8.78 Å². The van der Waals surface area contributed by atoms with Gasteiger partial charge >= 0.3 is 0 Å². The van der Waals surface area contributed by atoms with Gasteiger partial charge in [-0.3, -0.25) is 0 Å². The van der Waals surface area contributed by atoms with E-state index in [1.54, 1.807) is 7.11 Å². The molecule has 0 aliphatic rings. The van der Waals surface area contributed by atoms with Gasteiger partial charge in [-0.2, -0.15) is 0 Å². The van der Waals surface area contributed by atoms with Crippen LogP contribution in [0.15, 0.2) is 36.4 Å². The van der Waals surface area contributed by atoms with Gasteiger partial charge in [0.05, 0.1) is 17.8 Å². The number of hydrogen-bond acceptors (Lipinski definition) is 2. The Morgan fingerprint density at radius 2 is 1.95 bits per heavy atom. The SMILES string of the molecule is COc1ccccc1CC(C)Nc1c(F)cc(F)cc1Cl. The number of rotatable bonds is 5. The molecule has 0 amide bonds. The van der Waals surface area contributed by atoms with Gasteiger partial charge < -0.3 is 10.1 Å². The van der Waals surface area contributed by atoms with Crippen LogP contribution in [0.2, 0.25) is 5.02 Å². The van der Waals surface area contributed by atoms with Crippen molar-refractivity contribution in [2.24, 2.45) is 0 Å². The zero-order valence-electron chi connectivity index (χ0n) is 11.8. The van der Waals surface area contributed by atoms with Gasteiger partial charge in [-0.05, 0) is 31.0 Å². The minimum Gasteiger partial charge on any atom is -0.496 e. The zero-order valence-corrected chi connectivity index (χ0v) is 12.5. The normalized spacial score (nSPS) is 12.0. The maximum Gasteiger partial charge on any atom is 0.150 e. The Morgan fingerprint density at radius 3 is 2.62 bits per heavy atom. The lowest BCUT2D eigenvalue weighted by atomic mass is 10.1. The van der Waals surface area contributed by atoms with Gasteiger partial charge in [-0.15, -0.1) is 0 Å². The minimum absolute atomic E-state index is 0.0272. The molecule has 0 heterocycles. The predicted molar refractivity (Wildman–Crippen MR) is 81.2 cm³/mol. The Balaban J connectivity index is 2.14. The summed E-state index contributed by atoms with van der Waals surface area (Å²) in [5, 5.41) is 3.00. The number of hydrogen-bond donors (Lipinski definition) is 1. The quantitative estimate of drug-likeness (QED) is 0.866. The molecular weight excluding hydrogens is 296 g/mol. The maximum atomic E-state index is 13.7. The fourth-order valence-corrected chi connectivity index (χ4v) is 2.43. The molecule has 1 N–H and O–H groups in total.